The zero-order chi connectivity index (χ0) is 20.3. The van der Waals surface area contributed by atoms with Crippen molar-refractivity contribution in [2.45, 2.75) is 90.4 Å². The molecule has 3 rings (SSSR count). The molecule has 0 aromatic rings. The lowest BCUT2D eigenvalue weighted by molar-refractivity contribution is -0.164. The molecule has 1 saturated carbocycles. The zero-order valence-electron chi connectivity index (χ0n) is 17.5. The summed E-state index contributed by atoms with van der Waals surface area (Å²) < 4.78 is 11.5. The third-order valence-corrected chi connectivity index (χ3v) is 7.12. The molecule has 2 aliphatic carbocycles. The topological polar surface area (TPSA) is 72.8 Å². The molecule has 28 heavy (non-hydrogen) atoms. The number of carbonyl (C=O) groups excluding carboxylic acids is 2. The van der Waals surface area contributed by atoms with Gasteiger partial charge in [-0.1, -0.05) is 32.9 Å². The standard InChI is InChI=1S/C23H36O5/c1-4-14(2)23(26)28-20-7-5-6-16-9-8-15(3)19(22(16)20)11-10-18-12-17(24)13-21(25)27-18/h8-9,14-20,22,24H,4-7,10-13H2,1-3H3/t14-,15?,16+,17+,18+,19?,20-,22?/m0/s1. The molecule has 0 spiro atoms. The van der Waals surface area contributed by atoms with Gasteiger partial charge in [-0.3, -0.25) is 9.59 Å². The van der Waals surface area contributed by atoms with E-state index in [0.29, 0.717) is 30.1 Å². The molecule has 2 fully saturated rings. The highest BCUT2D eigenvalue weighted by Gasteiger charge is 2.43. The van der Waals surface area contributed by atoms with Crippen LogP contribution in [0.25, 0.3) is 0 Å². The van der Waals surface area contributed by atoms with E-state index in [1.54, 1.807) is 0 Å². The number of allylic oxidation sites excluding steroid dienone is 2. The first-order valence-electron chi connectivity index (χ1n) is 11.1. The Morgan fingerprint density at radius 2 is 2.11 bits per heavy atom. The van der Waals surface area contributed by atoms with Crippen molar-refractivity contribution >= 4 is 11.9 Å². The first-order valence-corrected chi connectivity index (χ1v) is 11.1. The van der Waals surface area contributed by atoms with E-state index in [1.165, 1.54) is 0 Å². The first-order chi connectivity index (χ1) is 13.4. The lowest BCUT2D eigenvalue weighted by Crippen LogP contribution is -2.44. The van der Waals surface area contributed by atoms with E-state index in [0.717, 1.165) is 38.5 Å². The van der Waals surface area contributed by atoms with E-state index >= 15 is 0 Å². The van der Waals surface area contributed by atoms with Crippen LogP contribution in [0, 0.1) is 29.6 Å². The summed E-state index contributed by atoms with van der Waals surface area (Å²) in [4.78, 5) is 24.1. The van der Waals surface area contributed by atoms with Gasteiger partial charge in [-0.15, -0.1) is 0 Å². The van der Waals surface area contributed by atoms with Gasteiger partial charge in [0.15, 0.2) is 0 Å². The summed E-state index contributed by atoms with van der Waals surface area (Å²) in [5, 5.41) is 9.87. The van der Waals surface area contributed by atoms with Crippen LogP contribution >= 0.6 is 0 Å². The van der Waals surface area contributed by atoms with Crippen LogP contribution in [0.2, 0.25) is 0 Å². The van der Waals surface area contributed by atoms with Crippen molar-refractivity contribution in [1.82, 2.24) is 0 Å². The average Bonchev–Trinajstić information content (AvgIpc) is 2.66. The fourth-order valence-electron chi connectivity index (χ4n) is 5.29. The summed E-state index contributed by atoms with van der Waals surface area (Å²) in [6, 6.07) is 0. The normalized spacial score (nSPS) is 39.0. The van der Waals surface area contributed by atoms with Gasteiger partial charge in [-0.25, -0.2) is 0 Å². The summed E-state index contributed by atoms with van der Waals surface area (Å²) in [6.45, 7) is 6.19. The van der Waals surface area contributed by atoms with Crippen molar-refractivity contribution < 1.29 is 24.2 Å². The second-order valence-corrected chi connectivity index (χ2v) is 9.15. The molecule has 1 aliphatic heterocycles. The molecule has 1 saturated heterocycles. The smallest absolute Gasteiger partial charge is 0.308 e. The predicted octanol–water partition coefficient (Wildman–Crippen LogP) is 4.03. The largest absolute Gasteiger partial charge is 0.462 e. The Bertz CT molecular complexity index is 586. The van der Waals surface area contributed by atoms with Gasteiger partial charge in [0.2, 0.25) is 0 Å². The SMILES string of the molecule is CC[C@H](C)C(=O)O[C@H]1CCC[C@@H]2C=CC(C)C(CC[C@@H]3C[C@@H](O)CC(=O)O3)C12. The van der Waals surface area contributed by atoms with E-state index in [4.69, 9.17) is 9.47 Å². The van der Waals surface area contributed by atoms with Crippen molar-refractivity contribution in [2.24, 2.45) is 29.6 Å². The molecule has 5 nitrogen and oxygen atoms in total. The number of ether oxygens (including phenoxy) is 2. The molecule has 158 valence electrons. The quantitative estimate of drug-likeness (QED) is 0.546. The molecule has 3 unspecified atom stereocenters. The van der Waals surface area contributed by atoms with Crippen LogP contribution in [-0.2, 0) is 19.1 Å². The molecule has 5 heteroatoms. The summed E-state index contributed by atoms with van der Waals surface area (Å²) >= 11 is 0. The van der Waals surface area contributed by atoms with E-state index in [1.807, 2.05) is 13.8 Å². The van der Waals surface area contributed by atoms with Crippen LogP contribution in [0.4, 0.5) is 0 Å². The molecule has 3 aliphatic rings. The maximum absolute atomic E-state index is 12.5. The minimum Gasteiger partial charge on any atom is -0.462 e. The van der Waals surface area contributed by atoms with Gasteiger partial charge >= 0.3 is 11.9 Å². The minimum absolute atomic E-state index is 0.0165. The number of aliphatic hydroxyl groups excluding tert-OH is 1. The van der Waals surface area contributed by atoms with E-state index < -0.39 is 6.10 Å². The van der Waals surface area contributed by atoms with Gasteiger partial charge in [0, 0.05) is 12.3 Å². The van der Waals surface area contributed by atoms with Gasteiger partial charge in [-0.05, 0) is 56.3 Å². The van der Waals surface area contributed by atoms with Crippen LogP contribution in [0.5, 0.6) is 0 Å². The summed E-state index contributed by atoms with van der Waals surface area (Å²) in [5.41, 5.74) is 0. The lowest BCUT2D eigenvalue weighted by atomic mass is 9.62. The first kappa shape index (κ1) is 21.4. The number of rotatable bonds is 6. The second-order valence-electron chi connectivity index (χ2n) is 9.15. The van der Waals surface area contributed by atoms with Gasteiger partial charge in [-0.2, -0.15) is 0 Å². The minimum atomic E-state index is -0.582. The summed E-state index contributed by atoms with van der Waals surface area (Å²) in [6.07, 6.45) is 10.2. The van der Waals surface area contributed by atoms with Gasteiger partial charge in [0.1, 0.15) is 12.2 Å². The third kappa shape index (κ3) is 4.97. The van der Waals surface area contributed by atoms with Crippen molar-refractivity contribution in [2.75, 3.05) is 0 Å². The molecule has 0 radical (unpaired) electrons. The number of hydrogen-bond acceptors (Lipinski definition) is 5. The van der Waals surface area contributed by atoms with Crippen LogP contribution in [0.15, 0.2) is 12.2 Å². The van der Waals surface area contributed by atoms with Crippen molar-refractivity contribution in [3.63, 3.8) is 0 Å². The molecule has 1 heterocycles. The third-order valence-electron chi connectivity index (χ3n) is 7.12. The lowest BCUT2D eigenvalue weighted by Gasteiger charge is -2.46. The summed E-state index contributed by atoms with van der Waals surface area (Å²) in [5.74, 6) is 1.19. The number of cyclic esters (lactones) is 1. The molecule has 0 aromatic heterocycles. The number of fused-ring (bicyclic) bond motifs is 1. The summed E-state index contributed by atoms with van der Waals surface area (Å²) in [7, 11) is 0. The Morgan fingerprint density at radius 3 is 2.82 bits per heavy atom. The number of esters is 2. The highest BCUT2D eigenvalue weighted by atomic mass is 16.5. The van der Waals surface area contributed by atoms with Gasteiger partial charge in [0.25, 0.3) is 0 Å². The highest BCUT2D eigenvalue weighted by molar-refractivity contribution is 5.72. The van der Waals surface area contributed by atoms with E-state index in [-0.39, 0.29) is 36.5 Å². The van der Waals surface area contributed by atoms with Gasteiger partial charge in [0.05, 0.1) is 18.4 Å². The zero-order valence-corrected chi connectivity index (χ0v) is 17.5. The Labute approximate surface area is 168 Å². The van der Waals surface area contributed by atoms with Gasteiger partial charge < -0.3 is 14.6 Å². The van der Waals surface area contributed by atoms with E-state index in [9.17, 15) is 14.7 Å². The number of carbonyl (C=O) groups is 2. The van der Waals surface area contributed by atoms with Crippen LogP contribution in [-0.4, -0.2) is 35.4 Å². The Kier molecular flexibility index (Phi) is 7.19. The van der Waals surface area contributed by atoms with Crippen molar-refractivity contribution in [3.8, 4) is 0 Å². The molecule has 0 aromatic carbocycles. The maximum atomic E-state index is 12.5. The fourth-order valence-corrected chi connectivity index (χ4v) is 5.29. The molecule has 0 bridgehead atoms. The van der Waals surface area contributed by atoms with E-state index in [2.05, 4.69) is 19.1 Å². The molecular formula is C23H36O5. The molecule has 8 atom stereocenters. The average molecular weight is 393 g/mol. The monoisotopic (exact) mass is 392 g/mol. The number of aliphatic hydroxyl groups is 1. The second kappa shape index (κ2) is 9.43. The molecular weight excluding hydrogens is 356 g/mol. The van der Waals surface area contributed by atoms with Crippen LogP contribution in [0.1, 0.15) is 72.1 Å². The van der Waals surface area contributed by atoms with Crippen LogP contribution in [0.3, 0.4) is 0 Å². The Balaban J connectivity index is 1.68. The number of hydrogen-bond donors (Lipinski definition) is 1. The molecule has 0 amide bonds. The van der Waals surface area contributed by atoms with Crippen LogP contribution < -0.4 is 0 Å². The predicted molar refractivity (Wildman–Crippen MR) is 106 cm³/mol. The Hall–Kier alpha value is -1.36. The van der Waals surface area contributed by atoms with Crippen molar-refractivity contribution in [1.29, 1.82) is 0 Å². The maximum Gasteiger partial charge on any atom is 0.308 e. The molecule has 1 N–H and O–H groups in total. The fraction of sp³-hybridized carbons (Fsp3) is 0.826. The van der Waals surface area contributed by atoms with Crippen molar-refractivity contribution in [3.05, 3.63) is 12.2 Å². The highest BCUT2D eigenvalue weighted by Crippen LogP contribution is 2.46. The Morgan fingerprint density at radius 1 is 1.32 bits per heavy atom.